The van der Waals surface area contributed by atoms with Crippen molar-refractivity contribution in [1.82, 2.24) is 10.6 Å². The minimum absolute atomic E-state index is 0.0294. The summed E-state index contributed by atoms with van der Waals surface area (Å²) in [6, 6.07) is 15.5. The summed E-state index contributed by atoms with van der Waals surface area (Å²) in [5.41, 5.74) is 4.57. The fourth-order valence-electron chi connectivity index (χ4n) is 4.21. The topological polar surface area (TPSA) is 105 Å². The number of hydrogen-bond acceptors (Lipinski definition) is 4. The lowest BCUT2D eigenvalue weighted by molar-refractivity contribution is -0.137. The normalized spacial score (nSPS) is 14.0. The standard InChI is InChI=1S/C26H32N2O5/c1-3-8-23(25(31)27-15-17(2)13-14-24(29)30)28-26(32)33-16-22-20-11-6-4-9-18(20)19-10-5-7-12-21(19)22/h4-7,9-12,17,22-23H,3,8,13-16H2,1-2H3,(H,27,31)(H,28,32)(H,29,30)/t17?,23-/m1/s1. The van der Waals surface area contributed by atoms with E-state index in [-0.39, 0.29) is 30.8 Å². The third-order valence-corrected chi connectivity index (χ3v) is 6.01. The van der Waals surface area contributed by atoms with Crippen LogP contribution >= 0.6 is 0 Å². The van der Waals surface area contributed by atoms with Crippen molar-refractivity contribution in [3.8, 4) is 11.1 Å². The van der Waals surface area contributed by atoms with Crippen molar-refractivity contribution in [3.05, 3.63) is 59.7 Å². The number of carbonyl (C=O) groups is 3. The molecular weight excluding hydrogens is 420 g/mol. The third kappa shape index (κ3) is 6.34. The minimum Gasteiger partial charge on any atom is -0.481 e. The Bertz CT molecular complexity index is 945. The van der Waals surface area contributed by atoms with Crippen molar-refractivity contribution in [3.63, 3.8) is 0 Å². The van der Waals surface area contributed by atoms with Crippen molar-refractivity contribution in [2.24, 2.45) is 5.92 Å². The summed E-state index contributed by atoms with van der Waals surface area (Å²) < 4.78 is 5.56. The van der Waals surface area contributed by atoms with Gasteiger partial charge in [0.2, 0.25) is 5.91 Å². The van der Waals surface area contributed by atoms with E-state index in [0.29, 0.717) is 19.4 Å². The van der Waals surface area contributed by atoms with E-state index in [2.05, 4.69) is 34.9 Å². The largest absolute Gasteiger partial charge is 0.481 e. The van der Waals surface area contributed by atoms with Gasteiger partial charge in [-0.3, -0.25) is 9.59 Å². The number of ether oxygens (including phenoxy) is 1. The predicted octanol–water partition coefficient (Wildman–Crippen LogP) is 4.31. The number of rotatable bonds is 11. The highest BCUT2D eigenvalue weighted by Crippen LogP contribution is 2.44. The van der Waals surface area contributed by atoms with Crippen LogP contribution in [0.15, 0.2) is 48.5 Å². The second-order valence-electron chi connectivity index (χ2n) is 8.59. The number of amides is 2. The smallest absolute Gasteiger partial charge is 0.407 e. The van der Waals surface area contributed by atoms with Gasteiger partial charge in [0, 0.05) is 18.9 Å². The lowest BCUT2D eigenvalue weighted by Crippen LogP contribution is -2.47. The molecule has 1 aliphatic carbocycles. The van der Waals surface area contributed by atoms with Crippen molar-refractivity contribution >= 4 is 18.0 Å². The number of carbonyl (C=O) groups excluding carboxylic acids is 2. The van der Waals surface area contributed by atoms with E-state index >= 15 is 0 Å². The number of hydrogen-bond donors (Lipinski definition) is 3. The SMILES string of the molecule is CCC[C@@H](NC(=O)OCC1c2ccccc2-c2ccccc21)C(=O)NCC(C)CCC(=O)O. The molecule has 0 saturated heterocycles. The first-order valence-corrected chi connectivity index (χ1v) is 11.5. The molecule has 0 aliphatic heterocycles. The molecule has 0 aromatic heterocycles. The molecule has 0 bridgehead atoms. The van der Waals surface area contributed by atoms with Crippen LogP contribution in [0, 0.1) is 5.92 Å². The van der Waals surface area contributed by atoms with Crippen LogP contribution in [0.1, 0.15) is 56.6 Å². The quantitative estimate of drug-likeness (QED) is 0.471. The van der Waals surface area contributed by atoms with Gasteiger partial charge < -0.3 is 20.5 Å². The Morgan fingerprint density at radius 1 is 1.00 bits per heavy atom. The lowest BCUT2D eigenvalue weighted by Gasteiger charge is -2.20. The van der Waals surface area contributed by atoms with E-state index < -0.39 is 18.1 Å². The van der Waals surface area contributed by atoms with Crippen LogP contribution in [-0.2, 0) is 14.3 Å². The second kappa shape index (κ2) is 11.5. The van der Waals surface area contributed by atoms with Crippen molar-refractivity contribution in [2.45, 2.75) is 51.5 Å². The number of fused-ring (bicyclic) bond motifs is 3. The maximum atomic E-state index is 12.6. The molecule has 3 N–H and O–H groups in total. The Balaban J connectivity index is 1.55. The highest BCUT2D eigenvalue weighted by Gasteiger charge is 2.29. The molecule has 1 unspecified atom stereocenters. The number of aliphatic carboxylic acids is 1. The maximum absolute atomic E-state index is 12.6. The summed E-state index contributed by atoms with van der Waals surface area (Å²) >= 11 is 0. The van der Waals surface area contributed by atoms with Gasteiger partial charge in [-0.15, -0.1) is 0 Å². The van der Waals surface area contributed by atoms with E-state index in [0.717, 1.165) is 28.7 Å². The zero-order valence-electron chi connectivity index (χ0n) is 19.2. The third-order valence-electron chi connectivity index (χ3n) is 6.01. The summed E-state index contributed by atoms with van der Waals surface area (Å²) in [7, 11) is 0. The maximum Gasteiger partial charge on any atom is 0.407 e. The van der Waals surface area contributed by atoms with Crippen LogP contribution in [0.25, 0.3) is 11.1 Å². The summed E-state index contributed by atoms with van der Waals surface area (Å²) in [4.78, 5) is 35.9. The van der Waals surface area contributed by atoms with E-state index in [1.54, 1.807) is 0 Å². The molecule has 3 rings (SSSR count). The van der Waals surface area contributed by atoms with E-state index in [1.165, 1.54) is 0 Å². The molecule has 2 aromatic rings. The fraction of sp³-hybridized carbons (Fsp3) is 0.423. The highest BCUT2D eigenvalue weighted by atomic mass is 16.5. The van der Waals surface area contributed by atoms with Crippen molar-refractivity contribution in [1.29, 1.82) is 0 Å². The summed E-state index contributed by atoms with van der Waals surface area (Å²) in [6.45, 7) is 4.37. The molecule has 2 atom stereocenters. The number of nitrogens with one attached hydrogen (secondary N) is 2. The highest BCUT2D eigenvalue weighted by molar-refractivity contribution is 5.85. The number of carboxylic acids is 1. The average Bonchev–Trinajstić information content (AvgIpc) is 3.13. The molecule has 2 aromatic carbocycles. The van der Waals surface area contributed by atoms with Gasteiger partial charge in [0.25, 0.3) is 0 Å². The molecule has 2 amide bonds. The summed E-state index contributed by atoms with van der Waals surface area (Å²) in [5.74, 6) is -1.15. The van der Waals surface area contributed by atoms with Gasteiger partial charge in [0.15, 0.2) is 0 Å². The Morgan fingerprint density at radius 2 is 1.61 bits per heavy atom. The predicted molar refractivity (Wildman–Crippen MR) is 126 cm³/mol. The van der Waals surface area contributed by atoms with Crippen LogP contribution in [0.4, 0.5) is 4.79 Å². The average molecular weight is 453 g/mol. The first-order valence-electron chi connectivity index (χ1n) is 11.5. The monoisotopic (exact) mass is 452 g/mol. The first kappa shape index (κ1) is 24.3. The van der Waals surface area contributed by atoms with Gasteiger partial charge >= 0.3 is 12.1 Å². The molecular formula is C26H32N2O5. The molecule has 1 aliphatic rings. The molecule has 0 spiro atoms. The Kier molecular flexibility index (Phi) is 8.46. The second-order valence-corrected chi connectivity index (χ2v) is 8.59. The molecule has 0 saturated carbocycles. The van der Waals surface area contributed by atoms with Gasteiger partial charge in [-0.2, -0.15) is 0 Å². The van der Waals surface area contributed by atoms with Crippen molar-refractivity contribution < 1.29 is 24.2 Å². The zero-order valence-corrected chi connectivity index (χ0v) is 19.2. The summed E-state index contributed by atoms with van der Waals surface area (Å²) in [6.07, 6.45) is 1.13. The van der Waals surface area contributed by atoms with Crippen LogP contribution < -0.4 is 10.6 Å². The Morgan fingerprint density at radius 3 is 2.18 bits per heavy atom. The van der Waals surface area contributed by atoms with Crippen LogP contribution in [0.3, 0.4) is 0 Å². The van der Waals surface area contributed by atoms with E-state index in [4.69, 9.17) is 9.84 Å². The number of benzene rings is 2. The van der Waals surface area contributed by atoms with Gasteiger partial charge in [-0.25, -0.2) is 4.79 Å². The number of carboxylic acid groups (broad SMARTS) is 1. The molecule has 0 fully saturated rings. The molecule has 0 heterocycles. The molecule has 0 radical (unpaired) electrons. The van der Waals surface area contributed by atoms with E-state index in [1.807, 2.05) is 38.1 Å². The number of alkyl carbamates (subject to hydrolysis) is 1. The van der Waals surface area contributed by atoms with Gasteiger partial charge in [0.05, 0.1) is 0 Å². The van der Waals surface area contributed by atoms with Crippen LogP contribution in [0.2, 0.25) is 0 Å². The van der Waals surface area contributed by atoms with Gasteiger partial charge in [0.1, 0.15) is 12.6 Å². The minimum atomic E-state index is -0.853. The summed E-state index contributed by atoms with van der Waals surface area (Å²) in [5, 5.41) is 14.3. The Hall–Kier alpha value is -3.35. The molecule has 7 nitrogen and oxygen atoms in total. The Labute approximate surface area is 194 Å². The molecule has 176 valence electrons. The van der Waals surface area contributed by atoms with E-state index in [9.17, 15) is 14.4 Å². The van der Waals surface area contributed by atoms with Crippen LogP contribution in [-0.4, -0.2) is 42.3 Å². The van der Waals surface area contributed by atoms with Gasteiger partial charge in [-0.05, 0) is 41.0 Å². The van der Waals surface area contributed by atoms with Gasteiger partial charge in [-0.1, -0.05) is 68.8 Å². The molecule has 33 heavy (non-hydrogen) atoms. The molecule has 7 heteroatoms. The van der Waals surface area contributed by atoms with Crippen LogP contribution in [0.5, 0.6) is 0 Å². The lowest BCUT2D eigenvalue weighted by atomic mass is 9.98. The van der Waals surface area contributed by atoms with Crippen molar-refractivity contribution in [2.75, 3.05) is 13.2 Å². The fourth-order valence-corrected chi connectivity index (χ4v) is 4.21. The zero-order chi connectivity index (χ0) is 23.8. The first-order chi connectivity index (χ1) is 15.9.